The zero-order valence-electron chi connectivity index (χ0n) is 15.6. The summed E-state index contributed by atoms with van der Waals surface area (Å²) in [6, 6.07) is 10.3. The molecule has 1 aromatic carbocycles. The van der Waals surface area contributed by atoms with Crippen LogP contribution in [0.1, 0.15) is 50.2 Å². The highest BCUT2D eigenvalue weighted by Gasteiger charge is 2.37. The van der Waals surface area contributed by atoms with Gasteiger partial charge in [-0.1, -0.05) is 29.8 Å². The largest absolute Gasteiger partial charge is 0.480 e. The van der Waals surface area contributed by atoms with Gasteiger partial charge in [-0.2, -0.15) is 0 Å². The summed E-state index contributed by atoms with van der Waals surface area (Å²) in [6.45, 7) is 5.57. The van der Waals surface area contributed by atoms with Gasteiger partial charge in [0, 0.05) is 24.7 Å². The second-order valence-electron chi connectivity index (χ2n) is 8.18. The van der Waals surface area contributed by atoms with Crippen molar-refractivity contribution in [1.29, 1.82) is 0 Å². The van der Waals surface area contributed by atoms with Gasteiger partial charge in [-0.05, 0) is 63.9 Å². The van der Waals surface area contributed by atoms with Crippen molar-refractivity contribution in [2.45, 2.75) is 70.5 Å². The van der Waals surface area contributed by atoms with Crippen LogP contribution in [0.2, 0.25) is 0 Å². The van der Waals surface area contributed by atoms with Crippen LogP contribution in [0.4, 0.5) is 0 Å². The summed E-state index contributed by atoms with van der Waals surface area (Å²) in [5.74, 6) is 0.0586. The number of hydrogen-bond acceptors (Lipinski definition) is 3. The molecule has 0 heterocycles. The van der Waals surface area contributed by atoms with Crippen LogP contribution in [0.5, 0.6) is 0 Å². The molecule has 2 saturated carbocycles. The summed E-state index contributed by atoms with van der Waals surface area (Å²) in [5, 5.41) is 12.9. The minimum Gasteiger partial charge on any atom is -0.480 e. The number of nitrogens with one attached hydrogen (secondary N) is 1. The van der Waals surface area contributed by atoms with Crippen molar-refractivity contribution in [3.63, 3.8) is 0 Å². The van der Waals surface area contributed by atoms with Crippen LogP contribution in [0.3, 0.4) is 0 Å². The number of aryl methyl sites for hydroxylation is 2. The van der Waals surface area contributed by atoms with E-state index in [-0.39, 0.29) is 6.54 Å². The number of benzene rings is 1. The first-order valence-corrected chi connectivity index (χ1v) is 9.77. The van der Waals surface area contributed by atoms with Crippen molar-refractivity contribution < 1.29 is 9.90 Å². The van der Waals surface area contributed by atoms with Crippen LogP contribution in [0.15, 0.2) is 24.3 Å². The molecule has 0 radical (unpaired) electrons. The van der Waals surface area contributed by atoms with E-state index in [1.165, 1.54) is 24.0 Å². The lowest BCUT2D eigenvalue weighted by atomic mass is 9.84. The Morgan fingerprint density at radius 2 is 1.96 bits per heavy atom. The fourth-order valence-electron chi connectivity index (χ4n) is 3.79. The van der Waals surface area contributed by atoms with Gasteiger partial charge in [0.05, 0.1) is 6.54 Å². The average Bonchev–Trinajstić information content (AvgIpc) is 3.33. The predicted octanol–water partition coefficient (Wildman–Crippen LogP) is 3.23. The quantitative estimate of drug-likeness (QED) is 0.684. The number of nitrogens with zero attached hydrogens (tertiary/aromatic N) is 1. The third kappa shape index (κ3) is 5.82. The van der Waals surface area contributed by atoms with Crippen molar-refractivity contribution in [1.82, 2.24) is 10.2 Å². The highest BCUT2D eigenvalue weighted by molar-refractivity contribution is 5.69. The first-order valence-electron chi connectivity index (χ1n) is 9.77. The maximum atomic E-state index is 11.1. The molecule has 1 unspecified atom stereocenters. The molecule has 3 rings (SSSR count). The second kappa shape index (κ2) is 8.33. The van der Waals surface area contributed by atoms with Crippen LogP contribution in [0, 0.1) is 12.8 Å². The predicted molar refractivity (Wildman–Crippen MR) is 101 cm³/mol. The van der Waals surface area contributed by atoms with E-state index in [4.69, 9.17) is 5.11 Å². The normalized spacial score (nSPS) is 24.1. The van der Waals surface area contributed by atoms with E-state index in [2.05, 4.69) is 48.3 Å². The van der Waals surface area contributed by atoms with Gasteiger partial charge in [0.1, 0.15) is 0 Å². The summed E-state index contributed by atoms with van der Waals surface area (Å²) >= 11 is 0. The topological polar surface area (TPSA) is 52.6 Å². The minimum atomic E-state index is -0.691. The molecule has 2 fully saturated rings. The van der Waals surface area contributed by atoms with E-state index in [1.807, 2.05) is 0 Å². The van der Waals surface area contributed by atoms with Gasteiger partial charge in [-0.15, -0.1) is 0 Å². The zero-order valence-corrected chi connectivity index (χ0v) is 15.6. The standard InChI is InChI=1S/C21H32N2O2/c1-15-3-6-17(7-4-15)8-5-16(2)22-19-11-20(12-19)23(14-21(24)25)13-18-9-10-18/h3-4,6-7,16,18-20,22H,5,8-14H2,1-2H3,(H,24,25). The van der Waals surface area contributed by atoms with Gasteiger partial charge in [0.2, 0.25) is 0 Å². The van der Waals surface area contributed by atoms with Crippen molar-refractivity contribution in [2.75, 3.05) is 13.1 Å². The summed E-state index contributed by atoms with van der Waals surface area (Å²) in [6.07, 6.45) is 6.99. The Morgan fingerprint density at radius 1 is 1.28 bits per heavy atom. The molecule has 4 nitrogen and oxygen atoms in total. The molecule has 25 heavy (non-hydrogen) atoms. The Hall–Kier alpha value is -1.39. The third-order valence-corrected chi connectivity index (χ3v) is 5.66. The lowest BCUT2D eigenvalue weighted by Gasteiger charge is -2.44. The molecule has 0 saturated heterocycles. The van der Waals surface area contributed by atoms with E-state index < -0.39 is 5.97 Å². The molecule has 0 aliphatic heterocycles. The maximum Gasteiger partial charge on any atom is 0.317 e. The molecule has 1 aromatic rings. The van der Waals surface area contributed by atoms with Crippen LogP contribution >= 0.6 is 0 Å². The van der Waals surface area contributed by atoms with Crippen LogP contribution in [0.25, 0.3) is 0 Å². The molecular formula is C21H32N2O2. The Balaban J connectivity index is 1.36. The molecule has 2 N–H and O–H groups in total. The lowest BCUT2D eigenvalue weighted by Crippen LogP contribution is -2.55. The number of carbonyl (C=O) groups is 1. The molecule has 2 aliphatic rings. The van der Waals surface area contributed by atoms with Gasteiger partial charge in [0.25, 0.3) is 0 Å². The highest BCUT2D eigenvalue weighted by Crippen LogP contribution is 2.34. The Labute approximate surface area is 151 Å². The van der Waals surface area contributed by atoms with E-state index in [0.29, 0.717) is 18.1 Å². The molecule has 1 atom stereocenters. The Bertz CT molecular complexity index is 562. The van der Waals surface area contributed by atoms with Crippen molar-refractivity contribution in [2.24, 2.45) is 5.92 Å². The molecule has 0 amide bonds. The SMILES string of the molecule is Cc1ccc(CCC(C)NC2CC(N(CC(=O)O)CC3CC3)C2)cc1. The van der Waals surface area contributed by atoms with Gasteiger partial charge in [0.15, 0.2) is 0 Å². The Kier molecular flexibility index (Phi) is 6.13. The maximum absolute atomic E-state index is 11.1. The average molecular weight is 344 g/mol. The smallest absolute Gasteiger partial charge is 0.317 e. The fraction of sp³-hybridized carbons (Fsp3) is 0.667. The second-order valence-corrected chi connectivity index (χ2v) is 8.18. The van der Waals surface area contributed by atoms with E-state index in [9.17, 15) is 4.79 Å². The summed E-state index contributed by atoms with van der Waals surface area (Å²) < 4.78 is 0. The van der Waals surface area contributed by atoms with Crippen LogP contribution in [-0.2, 0) is 11.2 Å². The summed E-state index contributed by atoms with van der Waals surface area (Å²) in [4.78, 5) is 13.3. The highest BCUT2D eigenvalue weighted by atomic mass is 16.4. The van der Waals surface area contributed by atoms with Crippen molar-refractivity contribution >= 4 is 5.97 Å². The molecule has 138 valence electrons. The molecule has 2 aliphatic carbocycles. The number of carboxylic acids is 1. The fourth-order valence-corrected chi connectivity index (χ4v) is 3.79. The summed E-state index contributed by atoms with van der Waals surface area (Å²) in [7, 11) is 0. The van der Waals surface area contributed by atoms with Gasteiger partial charge < -0.3 is 10.4 Å². The third-order valence-electron chi connectivity index (χ3n) is 5.66. The Morgan fingerprint density at radius 3 is 2.56 bits per heavy atom. The lowest BCUT2D eigenvalue weighted by molar-refractivity contribution is -0.139. The number of hydrogen-bond donors (Lipinski definition) is 2. The van der Waals surface area contributed by atoms with Crippen LogP contribution in [-0.4, -0.2) is 47.2 Å². The molecule has 4 heteroatoms. The first kappa shape index (κ1) is 18.4. The van der Waals surface area contributed by atoms with E-state index in [0.717, 1.165) is 38.1 Å². The molecule has 0 spiro atoms. The monoisotopic (exact) mass is 344 g/mol. The molecule has 0 aromatic heterocycles. The van der Waals surface area contributed by atoms with Crippen molar-refractivity contribution in [3.8, 4) is 0 Å². The first-order chi connectivity index (χ1) is 12.0. The van der Waals surface area contributed by atoms with Crippen molar-refractivity contribution in [3.05, 3.63) is 35.4 Å². The number of aliphatic carboxylic acids is 1. The van der Waals surface area contributed by atoms with Gasteiger partial charge >= 0.3 is 5.97 Å². The number of rotatable bonds is 10. The van der Waals surface area contributed by atoms with E-state index in [1.54, 1.807) is 0 Å². The molecular weight excluding hydrogens is 312 g/mol. The number of carboxylic acid groups (broad SMARTS) is 1. The van der Waals surface area contributed by atoms with E-state index >= 15 is 0 Å². The van der Waals surface area contributed by atoms with Gasteiger partial charge in [-0.3, -0.25) is 9.69 Å². The van der Waals surface area contributed by atoms with Crippen LogP contribution < -0.4 is 5.32 Å². The summed E-state index contributed by atoms with van der Waals surface area (Å²) in [5.41, 5.74) is 2.72. The minimum absolute atomic E-state index is 0.205. The van der Waals surface area contributed by atoms with Gasteiger partial charge in [-0.25, -0.2) is 0 Å². The molecule has 0 bridgehead atoms. The zero-order chi connectivity index (χ0) is 17.8.